The van der Waals surface area contributed by atoms with Crippen molar-refractivity contribution >= 4 is 63.0 Å². The van der Waals surface area contributed by atoms with Crippen molar-refractivity contribution in [2.75, 3.05) is 16.0 Å². The van der Waals surface area contributed by atoms with E-state index in [0.717, 1.165) is 32.9 Å². The maximum Gasteiger partial charge on any atom is 0.237 e. The third kappa shape index (κ3) is 6.15. The molecular weight excluding hydrogens is 448 g/mol. The van der Waals surface area contributed by atoms with Crippen LogP contribution in [0.25, 0.3) is 10.9 Å². The minimum atomic E-state index is -0.211. The van der Waals surface area contributed by atoms with E-state index >= 15 is 0 Å². The number of amides is 1. The third-order valence-corrected chi connectivity index (χ3v) is 6.73. The summed E-state index contributed by atoms with van der Waals surface area (Å²) < 4.78 is 0. The van der Waals surface area contributed by atoms with E-state index in [1.54, 1.807) is 11.8 Å². The highest BCUT2D eigenvalue weighted by Crippen LogP contribution is 2.29. The molecule has 3 aromatic carbocycles. The predicted molar refractivity (Wildman–Crippen MR) is 144 cm³/mol. The Labute approximate surface area is 203 Å². The van der Waals surface area contributed by atoms with E-state index < -0.39 is 0 Å². The van der Waals surface area contributed by atoms with Gasteiger partial charge in [0.15, 0.2) is 5.11 Å². The van der Waals surface area contributed by atoms with Gasteiger partial charge in [0.05, 0.1) is 5.25 Å². The van der Waals surface area contributed by atoms with Gasteiger partial charge in [-0.1, -0.05) is 36.8 Å². The second kappa shape index (κ2) is 10.6. The summed E-state index contributed by atoms with van der Waals surface area (Å²) in [7, 11) is 0. The van der Waals surface area contributed by atoms with Gasteiger partial charge in [0, 0.05) is 33.7 Å². The largest absolute Gasteiger partial charge is 0.361 e. The molecule has 4 aromatic rings. The number of carbonyl (C=O) groups excluding carboxylic acids is 1. The summed E-state index contributed by atoms with van der Waals surface area (Å²) in [5.41, 5.74) is 4.80. The van der Waals surface area contributed by atoms with Crippen LogP contribution in [-0.4, -0.2) is 21.3 Å². The number of benzene rings is 3. The Kier molecular flexibility index (Phi) is 7.32. The zero-order valence-electron chi connectivity index (χ0n) is 18.5. The molecule has 33 heavy (non-hydrogen) atoms. The topological polar surface area (TPSA) is 68.9 Å². The van der Waals surface area contributed by atoms with E-state index in [0.29, 0.717) is 11.5 Å². The Morgan fingerprint density at radius 1 is 0.939 bits per heavy atom. The average molecular weight is 475 g/mol. The lowest BCUT2D eigenvalue weighted by Crippen LogP contribution is -2.24. The van der Waals surface area contributed by atoms with Crippen molar-refractivity contribution in [1.82, 2.24) is 4.98 Å². The SMILES string of the molecule is CCC(Sc1cccc(NC(=S)Nc2ccc(C)cc2)c1)C(=O)Nc1ccc2cc[nH]c2c1. The number of aromatic amines is 1. The van der Waals surface area contributed by atoms with Crippen molar-refractivity contribution in [2.45, 2.75) is 30.4 Å². The molecule has 7 heteroatoms. The van der Waals surface area contributed by atoms with E-state index in [-0.39, 0.29) is 11.2 Å². The van der Waals surface area contributed by atoms with Crippen LogP contribution in [0, 0.1) is 6.92 Å². The van der Waals surface area contributed by atoms with Crippen LogP contribution in [0.2, 0.25) is 0 Å². The lowest BCUT2D eigenvalue weighted by Gasteiger charge is -2.16. The number of rotatable bonds is 7. The second-order valence-electron chi connectivity index (χ2n) is 7.76. The number of nitrogens with one attached hydrogen (secondary N) is 4. The standard InChI is InChI=1S/C26H26N4OS2/c1-3-24(25(31)28-21-12-9-18-13-14-27-23(18)16-21)33-22-6-4-5-20(15-22)30-26(32)29-19-10-7-17(2)8-11-19/h4-16,24,27H,3H2,1-2H3,(H,28,31)(H2,29,30,32). The molecule has 0 saturated carbocycles. The number of fused-ring (bicyclic) bond motifs is 1. The van der Waals surface area contributed by atoms with Gasteiger partial charge in [-0.25, -0.2) is 0 Å². The molecule has 0 fully saturated rings. The molecule has 0 aliphatic carbocycles. The summed E-state index contributed by atoms with van der Waals surface area (Å²) in [6, 6.07) is 23.9. The Morgan fingerprint density at radius 2 is 1.67 bits per heavy atom. The fourth-order valence-electron chi connectivity index (χ4n) is 3.41. The number of anilines is 3. The number of thiocarbonyl (C=S) groups is 1. The van der Waals surface area contributed by atoms with Gasteiger partial charge in [-0.2, -0.15) is 0 Å². The molecule has 0 aliphatic heterocycles. The minimum Gasteiger partial charge on any atom is -0.361 e. The number of hydrogen-bond acceptors (Lipinski definition) is 3. The van der Waals surface area contributed by atoms with Crippen LogP contribution in [0.15, 0.2) is 83.9 Å². The average Bonchev–Trinajstić information content (AvgIpc) is 3.27. The highest BCUT2D eigenvalue weighted by molar-refractivity contribution is 8.00. The van der Waals surface area contributed by atoms with E-state index in [4.69, 9.17) is 12.2 Å². The number of hydrogen-bond donors (Lipinski definition) is 4. The molecule has 1 amide bonds. The Balaban J connectivity index is 1.37. The molecule has 0 saturated heterocycles. The van der Waals surface area contributed by atoms with Crippen LogP contribution in [0.4, 0.5) is 17.1 Å². The molecule has 0 bridgehead atoms. The minimum absolute atomic E-state index is 0.0108. The van der Waals surface area contributed by atoms with Gasteiger partial charge in [0.2, 0.25) is 5.91 Å². The summed E-state index contributed by atoms with van der Waals surface area (Å²) in [6.45, 7) is 4.07. The van der Waals surface area contributed by atoms with Crippen LogP contribution >= 0.6 is 24.0 Å². The second-order valence-corrected chi connectivity index (χ2v) is 9.44. The van der Waals surface area contributed by atoms with E-state index in [1.807, 2.05) is 92.8 Å². The molecule has 1 unspecified atom stereocenters. The number of carbonyl (C=O) groups is 1. The highest BCUT2D eigenvalue weighted by atomic mass is 32.2. The number of aromatic nitrogens is 1. The molecule has 1 atom stereocenters. The molecule has 4 N–H and O–H groups in total. The summed E-state index contributed by atoms with van der Waals surface area (Å²) in [5.74, 6) is -0.0108. The summed E-state index contributed by atoms with van der Waals surface area (Å²) in [6.07, 6.45) is 2.61. The number of H-pyrrole nitrogens is 1. The molecule has 0 spiro atoms. The molecular formula is C26H26N4OS2. The van der Waals surface area contributed by atoms with Gasteiger partial charge < -0.3 is 20.9 Å². The fourth-order valence-corrected chi connectivity index (χ4v) is 4.66. The van der Waals surface area contributed by atoms with E-state index in [1.165, 1.54) is 5.56 Å². The van der Waals surface area contributed by atoms with Gasteiger partial charge in [-0.05, 0) is 79.5 Å². The van der Waals surface area contributed by atoms with Gasteiger partial charge in [-0.15, -0.1) is 11.8 Å². The first kappa shape index (κ1) is 22.9. The first-order valence-electron chi connectivity index (χ1n) is 10.8. The van der Waals surface area contributed by atoms with Crippen molar-refractivity contribution in [3.05, 3.63) is 84.6 Å². The Morgan fingerprint density at radius 3 is 2.45 bits per heavy atom. The van der Waals surface area contributed by atoms with Crippen LogP contribution in [0.3, 0.4) is 0 Å². The number of aryl methyl sites for hydroxylation is 1. The van der Waals surface area contributed by atoms with Crippen molar-refractivity contribution in [3.63, 3.8) is 0 Å². The zero-order chi connectivity index (χ0) is 23.2. The maximum absolute atomic E-state index is 12.9. The molecule has 168 valence electrons. The van der Waals surface area contributed by atoms with Crippen LogP contribution in [0.1, 0.15) is 18.9 Å². The Hall–Kier alpha value is -3.29. The van der Waals surface area contributed by atoms with Gasteiger partial charge in [0.25, 0.3) is 0 Å². The smallest absolute Gasteiger partial charge is 0.237 e. The summed E-state index contributed by atoms with van der Waals surface area (Å²) in [4.78, 5) is 17.1. The molecule has 1 aromatic heterocycles. The monoisotopic (exact) mass is 474 g/mol. The molecule has 0 radical (unpaired) electrons. The maximum atomic E-state index is 12.9. The molecule has 5 nitrogen and oxygen atoms in total. The Bertz CT molecular complexity index is 1270. The summed E-state index contributed by atoms with van der Waals surface area (Å²) >= 11 is 7.00. The molecule has 0 aliphatic rings. The third-order valence-electron chi connectivity index (χ3n) is 5.17. The van der Waals surface area contributed by atoms with Gasteiger partial charge in [-0.3, -0.25) is 4.79 Å². The van der Waals surface area contributed by atoms with Crippen molar-refractivity contribution in [2.24, 2.45) is 0 Å². The van der Waals surface area contributed by atoms with Crippen molar-refractivity contribution in [3.8, 4) is 0 Å². The van der Waals surface area contributed by atoms with Crippen LogP contribution in [-0.2, 0) is 4.79 Å². The number of thioether (sulfide) groups is 1. The lowest BCUT2D eigenvalue weighted by molar-refractivity contribution is -0.115. The molecule has 1 heterocycles. The first-order chi connectivity index (χ1) is 16.0. The predicted octanol–water partition coefficient (Wildman–Crippen LogP) is 6.79. The van der Waals surface area contributed by atoms with E-state index in [9.17, 15) is 4.79 Å². The van der Waals surface area contributed by atoms with Crippen LogP contribution < -0.4 is 16.0 Å². The molecule has 4 rings (SSSR count). The lowest BCUT2D eigenvalue weighted by atomic mass is 10.2. The zero-order valence-corrected chi connectivity index (χ0v) is 20.1. The van der Waals surface area contributed by atoms with Gasteiger partial charge in [0.1, 0.15) is 0 Å². The van der Waals surface area contributed by atoms with Gasteiger partial charge >= 0.3 is 0 Å². The van der Waals surface area contributed by atoms with E-state index in [2.05, 4.69) is 20.9 Å². The van der Waals surface area contributed by atoms with Crippen molar-refractivity contribution < 1.29 is 4.79 Å². The summed E-state index contributed by atoms with van der Waals surface area (Å²) in [5, 5.41) is 10.9. The van der Waals surface area contributed by atoms with Crippen molar-refractivity contribution in [1.29, 1.82) is 0 Å². The normalized spacial score (nSPS) is 11.7. The fraction of sp³-hybridized carbons (Fsp3) is 0.154. The van der Waals surface area contributed by atoms with Crippen LogP contribution in [0.5, 0.6) is 0 Å². The first-order valence-corrected chi connectivity index (χ1v) is 12.1. The quantitative estimate of drug-likeness (QED) is 0.175. The highest BCUT2D eigenvalue weighted by Gasteiger charge is 2.18.